The predicted octanol–water partition coefficient (Wildman–Crippen LogP) is 1.69. The van der Waals surface area contributed by atoms with Crippen molar-refractivity contribution in [1.29, 1.82) is 0 Å². The third-order valence-electron chi connectivity index (χ3n) is 3.80. The third kappa shape index (κ3) is 3.46. The summed E-state index contributed by atoms with van der Waals surface area (Å²) in [4.78, 5) is 22.9. The molecule has 2 unspecified atom stereocenters. The number of nitrogens with one attached hydrogen (secondary N) is 2. The second-order valence-corrected chi connectivity index (χ2v) is 5.61. The average Bonchev–Trinajstić information content (AvgIpc) is 2.69. The predicted molar refractivity (Wildman–Crippen MR) is 70.1 cm³/mol. The molecule has 4 atom stereocenters. The van der Waals surface area contributed by atoms with E-state index >= 15 is 0 Å². The van der Waals surface area contributed by atoms with Crippen LogP contribution in [-0.2, 0) is 9.59 Å². The average molecular weight is 302 g/mol. The van der Waals surface area contributed by atoms with E-state index in [9.17, 15) is 22.8 Å². The van der Waals surface area contributed by atoms with Crippen molar-refractivity contribution in [2.24, 2.45) is 11.8 Å². The number of carbonyl (C=O) groups excluding carboxylic acids is 2. The van der Waals surface area contributed by atoms with Gasteiger partial charge in [-0.3, -0.25) is 9.59 Å². The van der Waals surface area contributed by atoms with Crippen molar-refractivity contribution in [3.63, 3.8) is 0 Å². The molecule has 4 nitrogen and oxygen atoms in total. The van der Waals surface area contributed by atoms with Gasteiger partial charge in [0.15, 0.2) is 0 Å². The minimum absolute atomic E-state index is 0.0598. The number of hydrogen-bond acceptors (Lipinski definition) is 2. The normalized spacial score (nSPS) is 32.6. The van der Waals surface area contributed by atoms with E-state index in [-0.39, 0.29) is 30.0 Å². The zero-order chi connectivity index (χ0) is 15.8. The Morgan fingerprint density at radius 3 is 2.71 bits per heavy atom. The molecule has 2 rings (SSSR count). The first-order valence-corrected chi connectivity index (χ1v) is 6.72. The van der Waals surface area contributed by atoms with Gasteiger partial charge in [-0.2, -0.15) is 8.78 Å². The molecule has 0 spiro atoms. The van der Waals surface area contributed by atoms with Crippen LogP contribution in [0.5, 0.6) is 0 Å². The lowest BCUT2D eigenvalue weighted by Gasteiger charge is -2.31. The van der Waals surface area contributed by atoms with Gasteiger partial charge in [0.1, 0.15) is 5.83 Å². The Labute approximate surface area is 120 Å². The minimum Gasteiger partial charge on any atom is -0.351 e. The van der Waals surface area contributed by atoms with Gasteiger partial charge in [0.25, 0.3) is 5.91 Å². The molecule has 0 saturated carbocycles. The quantitative estimate of drug-likeness (QED) is 0.833. The van der Waals surface area contributed by atoms with Crippen LogP contribution in [0.2, 0.25) is 0 Å². The first kappa shape index (κ1) is 15.6. The summed E-state index contributed by atoms with van der Waals surface area (Å²) in [6.45, 7) is 2.27. The molecule has 0 aromatic rings. The fourth-order valence-corrected chi connectivity index (χ4v) is 2.72. The summed E-state index contributed by atoms with van der Waals surface area (Å²) in [5, 5.41) is 4.88. The fourth-order valence-electron chi connectivity index (χ4n) is 2.72. The van der Waals surface area contributed by atoms with E-state index < -0.39 is 23.9 Å². The highest BCUT2D eigenvalue weighted by Gasteiger charge is 2.43. The smallest absolute Gasteiger partial charge is 0.321 e. The lowest BCUT2D eigenvalue weighted by Crippen LogP contribution is -2.52. The summed E-state index contributed by atoms with van der Waals surface area (Å²) in [5.41, 5.74) is 0. The molecule has 0 bridgehead atoms. The Bertz CT molecular complexity index is 511. The van der Waals surface area contributed by atoms with Crippen LogP contribution in [-0.4, -0.2) is 29.8 Å². The summed E-state index contributed by atoms with van der Waals surface area (Å²) in [7, 11) is 0. The van der Waals surface area contributed by atoms with Crippen molar-refractivity contribution in [1.82, 2.24) is 10.6 Å². The van der Waals surface area contributed by atoms with Crippen LogP contribution in [0, 0.1) is 11.8 Å². The highest BCUT2D eigenvalue weighted by Crippen LogP contribution is 2.30. The molecule has 1 saturated heterocycles. The largest absolute Gasteiger partial charge is 0.351 e. The Morgan fingerprint density at radius 2 is 2.14 bits per heavy atom. The van der Waals surface area contributed by atoms with E-state index in [4.69, 9.17) is 0 Å². The van der Waals surface area contributed by atoms with Gasteiger partial charge in [-0.25, -0.2) is 4.39 Å². The van der Waals surface area contributed by atoms with E-state index in [0.29, 0.717) is 6.92 Å². The Morgan fingerprint density at radius 1 is 1.48 bits per heavy atom. The second-order valence-electron chi connectivity index (χ2n) is 5.61. The highest BCUT2D eigenvalue weighted by molar-refractivity contribution is 5.86. The van der Waals surface area contributed by atoms with Gasteiger partial charge >= 0.3 is 5.92 Å². The molecule has 0 aromatic carbocycles. The zero-order valence-corrected chi connectivity index (χ0v) is 11.7. The second kappa shape index (κ2) is 5.54. The Balaban J connectivity index is 2.13. The number of alkyl halides is 2. The summed E-state index contributed by atoms with van der Waals surface area (Å²) < 4.78 is 39.1. The van der Waals surface area contributed by atoms with Gasteiger partial charge in [-0.05, 0) is 18.1 Å². The minimum atomic E-state index is -3.50. The zero-order valence-electron chi connectivity index (χ0n) is 11.7. The number of amides is 2. The molecule has 7 heteroatoms. The lowest BCUT2D eigenvalue weighted by molar-refractivity contribution is -0.144. The van der Waals surface area contributed by atoms with Crippen molar-refractivity contribution in [3.05, 3.63) is 24.1 Å². The van der Waals surface area contributed by atoms with Crippen LogP contribution in [0.15, 0.2) is 24.1 Å². The monoisotopic (exact) mass is 302 g/mol. The Hall–Kier alpha value is -1.79. The number of allylic oxidation sites excluding steroid dienone is 3. The molecule has 1 aliphatic carbocycles. The van der Waals surface area contributed by atoms with Crippen molar-refractivity contribution in [2.75, 3.05) is 0 Å². The van der Waals surface area contributed by atoms with Gasteiger partial charge in [-0.15, -0.1) is 0 Å². The molecule has 0 radical (unpaired) electrons. The highest BCUT2D eigenvalue weighted by atomic mass is 19.3. The molecule has 21 heavy (non-hydrogen) atoms. The van der Waals surface area contributed by atoms with Gasteiger partial charge in [0.05, 0.1) is 12.1 Å². The first-order valence-electron chi connectivity index (χ1n) is 6.72. The fraction of sp³-hybridized carbons (Fsp3) is 0.571. The first-order chi connectivity index (χ1) is 9.68. The van der Waals surface area contributed by atoms with Crippen LogP contribution in [0.25, 0.3) is 0 Å². The molecule has 116 valence electrons. The molecule has 1 fully saturated rings. The summed E-state index contributed by atoms with van der Waals surface area (Å²) >= 11 is 0. The lowest BCUT2D eigenvalue weighted by atomic mass is 9.81. The van der Waals surface area contributed by atoms with Gasteiger partial charge in [0, 0.05) is 19.3 Å². The van der Waals surface area contributed by atoms with Gasteiger partial charge in [-0.1, -0.05) is 13.0 Å². The summed E-state index contributed by atoms with van der Waals surface area (Å²) in [5.74, 6) is -6.07. The molecule has 1 heterocycles. The number of hydrogen-bond donors (Lipinski definition) is 2. The summed E-state index contributed by atoms with van der Waals surface area (Å²) in [6.07, 6.45) is 4.22. The maximum atomic E-state index is 13.2. The molecular weight excluding hydrogens is 285 g/mol. The molecule has 1 aliphatic heterocycles. The molecule has 2 N–H and O–H groups in total. The Kier molecular flexibility index (Phi) is 4.11. The van der Waals surface area contributed by atoms with Crippen LogP contribution in [0.3, 0.4) is 0 Å². The van der Waals surface area contributed by atoms with Gasteiger partial charge in [0.2, 0.25) is 5.91 Å². The number of rotatable bonds is 3. The van der Waals surface area contributed by atoms with Gasteiger partial charge < -0.3 is 10.6 Å². The maximum absolute atomic E-state index is 13.2. The van der Waals surface area contributed by atoms with E-state index in [1.165, 1.54) is 12.2 Å². The van der Waals surface area contributed by atoms with Crippen molar-refractivity contribution >= 4 is 11.8 Å². The van der Waals surface area contributed by atoms with E-state index in [0.717, 1.165) is 0 Å². The molecule has 0 aromatic heterocycles. The molecular formula is C14H17F3N2O2. The molecule has 2 aliphatic rings. The topological polar surface area (TPSA) is 58.2 Å². The standard InChI is InChI=1S/C14H17F3N2O2/c1-7-5-8(15)3-4-9(7)12-10(6-11(20)19-12)18-13(21)14(2,16)17/h3-5,7,9-10,12H,6H2,1-2H3,(H,18,21)(H,19,20)/t7?,9-,10-,12?/m0/s1. The van der Waals surface area contributed by atoms with E-state index in [1.807, 2.05) is 0 Å². The third-order valence-corrected chi connectivity index (χ3v) is 3.80. The van der Waals surface area contributed by atoms with E-state index in [1.54, 1.807) is 13.0 Å². The molecule has 2 amide bonds. The van der Waals surface area contributed by atoms with Crippen LogP contribution < -0.4 is 10.6 Å². The summed E-state index contributed by atoms with van der Waals surface area (Å²) in [6, 6.07) is -1.26. The van der Waals surface area contributed by atoms with Crippen LogP contribution in [0.4, 0.5) is 13.2 Å². The van der Waals surface area contributed by atoms with Crippen LogP contribution in [0.1, 0.15) is 20.3 Å². The van der Waals surface area contributed by atoms with Crippen LogP contribution >= 0.6 is 0 Å². The number of carbonyl (C=O) groups is 2. The number of halogens is 3. The van der Waals surface area contributed by atoms with Crippen molar-refractivity contribution < 1.29 is 22.8 Å². The SMILES string of the molecule is CC1C=C(F)C=C[C@@H]1C1NC(=O)C[C@@H]1NC(=O)C(C)(F)F. The van der Waals surface area contributed by atoms with E-state index in [2.05, 4.69) is 10.6 Å². The van der Waals surface area contributed by atoms with Crippen molar-refractivity contribution in [2.45, 2.75) is 38.3 Å². The van der Waals surface area contributed by atoms with Crippen molar-refractivity contribution in [3.8, 4) is 0 Å². The maximum Gasteiger partial charge on any atom is 0.321 e.